The first-order valence-corrected chi connectivity index (χ1v) is 6.93. The van der Waals surface area contributed by atoms with Gasteiger partial charge in [0, 0.05) is 19.2 Å². The van der Waals surface area contributed by atoms with E-state index in [9.17, 15) is 10.1 Å². The van der Waals surface area contributed by atoms with E-state index in [1.54, 1.807) is 12.1 Å². The smallest absolute Gasteiger partial charge is 0.293 e. The SMILES string of the molecule is CCNCCNc1cc2nc(C)sc2cc1[N+](=O)[O-]. The highest BCUT2D eigenvalue weighted by atomic mass is 32.1. The van der Waals surface area contributed by atoms with Crippen LogP contribution in [-0.4, -0.2) is 29.5 Å². The number of likely N-dealkylation sites (N-methyl/N-ethyl adjacent to an activating group) is 1. The summed E-state index contributed by atoms with van der Waals surface area (Å²) in [5.41, 5.74) is 1.44. The lowest BCUT2D eigenvalue weighted by Gasteiger charge is -2.07. The molecule has 0 fully saturated rings. The second-order valence-corrected chi connectivity index (χ2v) is 5.34. The fraction of sp³-hybridized carbons (Fsp3) is 0.417. The minimum atomic E-state index is -0.357. The van der Waals surface area contributed by atoms with Crippen LogP contribution in [0, 0.1) is 17.0 Å². The van der Waals surface area contributed by atoms with E-state index >= 15 is 0 Å². The first-order chi connectivity index (χ1) is 9.11. The molecule has 1 heterocycles. The Balaban J connectivity index is 2.28. The molecule has 7 heteroatoms. The molecule has 0 aliphatic heterocycles. The van der Waals surface area contributed by atoms with Crippen molar-refractivity contribution in [3.05, 3.63) is 27.3 Å². The molecule has 6 nitrogen and oxygen atoms in total. The third kappa shape index (κ3) is 3.18. The van der Waals surface area contributed by atoms with E-state index in [1.165, 1.54) is 11.3 Å². The number of thiazole rings is 1. The van der Waals surface area contributed by atoms with Crippen molar-refractivity contribution in [2.75, 3.05) is 25.0 Å². The van der Waals surface area contributed by atoms with Crippen molar-refractivity contribution >= 4 is 32.9 Å². The normalized spacial score (nSPS) is 10.8. The van der Waals surface area contributed by atoms with Gasteiger partial charge in [-0.1, -0.05) is 6.92 Å². The number of hydrogen-bond acceptors (Lipinski definition) is 6. The van der Waals surface area contributed by atoms with Gasteiger partial charge in [-0.3, -0.25) is 10.1 Å². The molecule has 2 N–H and O–H groups in total. The van der Waals surface area contributed by atoms with Gasteiger partial charge in [-0.2, -0.15) is 0 Å². The van der Waals surface area contributed by atoms with Crippen LogP contribution in [0.4, 0.5) is 11.4 Å². The lowest BCUT2D eigenvalue weighted by molar-refractivity contribution is -0.383. The van der Waals surface area contributed by atoms with Gasteiger partial charge in [0.15, 0.2) is 0 Å². The largest absolute Gasteiger partial charge is 0.378 e. The number of nitro groups is 1. The van der Waals surface area contributed by atoms with E-state index in [0.717, 1.165) is 28.3 Å². The molecular weight excluding hydrogens is 264 g/mol. The summed E-state index contributed by atoms with van der Waals surface area (Å²) >= 11 is 1.47. The molecule has 1 aromatic carbocycles. The van der Waals surface area contributed by atoms with Crippen molar-refractivity contribution in [2.24, 2.45) is 0 Å². The molecule has 102 valence electrons. The zero-order valence-corrected chi connectivity index (χ0v) is 11.7. The standard InChI is InChI=1S/C12H16N4O2S/c1-3-13-4-5-14-9-6-10-12(19-8(2)15-10)7-11(9)16(17)18/h6-7,13-14H,3-5H2,1-2H3. The molecule has 0 radical (unpaired) electrons. The molecule has 2 aromatic rings. The molecule has 0 bridgehead atoms. The molecule has 19 heavy (non-hydrogen) atoms. The molecule has 0 unspecified atom stereocenters. The quantitative estimate of drug-likeness (QED) is 0.483. The van der Waals surface area contributed by atoms with Crippen LogP contribution in [0.2, 0.25) is 0 Å². The van der Waals surface area contributed by atoms with Gasteiger partial charge in [-0.05, 0) is 19.5 Å². The lowest BCUT2D eigenvalue weighted by Crippen LogP contribution is -2.21. The van der Waals surface area contributed by atoms with E-state index in [4.69, 9.17) is 0 Å². The number of hydrogen-bond donors (Lipinski definition) is 2. The Morgan fingerprint density at radius 2 is 2.21 bits per heavy atom. The summed E-state index contributed by atoms with van der Waals surface area (Å²) in [6, 6.07) is 3.35. The highest BCUT2D eigenvalue weighted by molar-refractivity contribution is 7.18. The third-order valence-corrected chi connectivity index (χ3v) is 3.61. The summed E-state index contributed by atoms with van der Waals surface area (Å²) in [7, 11) is 0. The van der Waals surface area contributed by atoms with E-state index < -0.39 is 0 Å². The van der Waals surface area contributed by atoms with Crippen LogP contribution in [0.3, 0.4) is 0 Å². The van der Waals surface area contributed by atoms with Crippen molar-refractivity contribution in [2.45, 2.75) is 13.8 Å². The number of aryl methyl sites for hydroxylation is 1. The van der Waals surface area contributed by atoms with Gasteiger partial charge >= 0.3 is 0 Å². The van der Waals surface area contributed by atoms with E-state index in [-0.39, 0.29) is 10.6 Å². The first kappa shape index (κ1) is 13.7. The highest BCUT2D eigenvalue weighted by Crippen LogP contribution is 2.32. The molecular formula is C12H16N4O2S. The summed E-state index contributed by atoms with van der Waals surface area (Å²) in [4.78, 5) is 15.1. The second kappa shape index (κ2) is 5.94. The number of nitro benzene ring substituents is 1. The average molecular weight is 280 g/mol. The van der Waals surface area contributed by atoms with Crippen molar-refractivity contribution in [1.29, 1.82) is 0 Å². The van der Waals surface area contributed by atoms with Crippen LogP contribution < -0.4 is 10.6 Å². The minimum Gasteiger partial charge on any atom is -0.378 e. The zero-order chi connectivity index (χ0) is 13.8. The summed E-state index contributed by atoms with van der Waals surface area (Å²) in [5.74, 6) is 0. The number of benzene rings is 1. The van der Waals surface area contributed by atoms with Gasteiger partial charge in [0.2, 0.25) is 0 Å². The maximum absolute atomic E-state index is 11.1. The topological polar surface area (TPSA) is 80.1 Å². The molecule has 0 spiro atoms. The van der Waals surface area contributed by atoms with Crippen LogP contribution >= 0.6 is 11.3 Å². The molecule has 0 aliphatic carbocycles. The Bertz CT molecular complexity index is 597. The monoisotopic (exact) mass is 280 g/mol. The van der Waals surface area contributed by atoms with Crippen LogP contribution in [-0.2, 0) is 0 Å². The Morgan fingerprint density at radius 3 is 2.89 bits per heavy atom. The highest BCUT2D eigenvalue weighted by Gasteiger charge is 2.16. The maximum atomic E-state index is 11.1. The molecule has 0 atom stereocenters. The van der Waals surface area contributed by atoms with Crippen molar-refractivity contribution in [1.82, 2.24) is 10.3 Å². The van der Waals surface area contributed by atoms with Crippen molar-refractivity contribution < 1.29 is 4.92 Å². The van der Waals surface area contributed by atoms with Crippen molar-refractivity contribution in [3.8, 4) is 0 Å². The number of aromatic nitrogens is 1. The minimum absolute atomic E-state index is 0.104. The summed E-state index contributed by atoms with van der Waals surface area (Å²) in [6.45, 7) is 6.21. The van der Waals surface area contributed by atoms with Gasteiger partial charge in [0.25, 0.3) is 5.69 Å². The summed E-state index contributed by atoms with van der Waals surface area (Å²) < 4.78 is 0.849. The van der Waals surface area contributed by atoms with Crippen LogP contribution in [0.25, 0.3) is 10.2 Å². The van der Waals surface area contributed by atoms with Crippen LogP contribution in [0.15, 0.2) is 12.1 Å². The average Bonchev–Trinajstić information content (AvgIpc) is 2.72. The van der Waals surface area contributed by atoms with Gasteiger partial charge in [-0.25, -0.2) is 4.98 Å². The summed E-state index contributed by atoms with van der Waals surface area (Å²) in [5, 5.41) is 18.3. The molecule has 0 aliphatic rings. The number of fused-ring (bicyclic) bond motifs is 1. The number of nitrogens with zero attached hydrogens (tertiary/aromatic N) is 2. The summed E-state index contributed by atoms with van der Waals surface area (Å²) in [6.07, 6.45) is 0. The lowest BCUT2D eigenvalue weighted by atomic mass is 10.2. The van der Waals surface area contributed by atoms with Gasteiger partial charge in [0.05, 0.1) is 20.1 Å². The Morgan fingerprint density at radius 1 is 1.42 bits per heavy atom. The van der Waals surface area contributed by atoms with E-state index in [0.29, 0.717) is 12.2 Å². The fourth-order valence-corrected chi connectivity index (χ4v) is 2.68. The Kier molecular flexibility index (Phi) is 4.28. The first-order valence-electron chi connectivity index (χ1n) is 6.12. The fourth-order valence-electron chi connectivity index (χ4n) is 1.83. The van der Waals surface area contributed by atoms with Crippen LogP contribution in [0.1, 0.15) is 11.9 Å². The Labute approximate surface area is 115 Å². The number of anilines is 1. The molecule has 2 rings (SSSR count). The molecule has 1 aromatic heterocycles. The maximum Gasteiger partial charge on any atom is 0.293 e. The molecule has 0 saturated heterocycles. The van der Waals surface area contributed by atoms with E-state index in [1.807, 2.05) is 13.8 Å². The second-order valence-electron chi connectivity index (χ2n) is 4.11. The predicted octanol–water partition coefficient (Wildman–Crippen LogP) is 2.53. The van der Waals surface area contributed by atoms with E-state index in [2.05, 4.69) is 15.6 Å². The zero-order valence-electron chi connectivity index (χ0n) is 10.9. The van der Waals surface area contributed by atoms with Gasteiger partial charge in [-0.15, -0.1) is 11.3 Å². The predicted molar refractivity (Wildman–Crippen MR) is 78.0 cm³/mol. The third-order valence-electron chi connectivity index (χ3n) is 2.68. The van der Waals surface area contributed by atoms with Crippen LogP contribution in [0.5, 0.6) is 0 Å². The number of rotatable bonds is 6. The van der Waals surface area contributed by atoms with Gasteiger partial charge < -0.3 is 10.6 Å². The molecule has 0 amide bonds. The molecule has 0 saturated carbocycles. The van der Waals surface area contributed by atoms with Crippen molar-refractivity contribution in [3.63, 3.8) is 0 Å². The van der Waals surface area contributed by atoms with Gasteiger partial charge in [0.1, 0.15) is 5.69 Å². The number of nitrogens with one attached hydrogen (secondary N) is 2. The Hall–Kier alpha value is -1.73.